The van der Waals surface area contributed by atoms with Crippen LogP contribution in [0.2, 0.25) is 0 Å². The second-order valence-electron chi connectivity index (χ2n) is 6.03. The molecule has 0 spiro atoms. The third-order valence-electron chi connectivity index (χ3n) is 2.92. The van der Waals surface area contributed by atoms with Crippen molar-refractivity contribution in [3.63, 3.8) is 0 Å². The minimum Gasteiger partial charge on any atom is -0.467 e. The number of hydrogen-bond donors (Lipinski definition) is 1. The van der Waals surface area contributed by atoms with Crippen LogP contribution in [0, 0.1) is 0 Å². The molecule has 0 aromatic heterocycles. The topological polar surface area (TPSA) is 81.7 Å². The molecule has 0 radical (unpaired) electrons. The van der Waals surface area contributed by atoms with E-state index in [1.807, 2.05) is 20.8 Å². The zero-order valence-electron chi connectivity index (χ0n) is 13.9. The molecule has 1 aromatic carbocycles. The van der Waals surface area contributed by atoms with Gasteiger partial charge < -0.3 is 14.8 Å². The summed E-state index contributed by atoms with van der Waals surface area (Å²) >= 11 is 0. The number of nitrogens with one attached hydrogen (secondary N) is 1. The first-order valence-corrected chi connectivity index (χ1v) is 7.32. The van der Waals surface area contributed by atoms with Crippen LogP contribution in [0.25, 0.3) is 0 Å². The third kappa shape index (κ3) is 7.06. The van der Waals surface area contributed by atoms with Gasteiger partial charge in [-0.05, 0) is 20.8 Å². The molecule has 0 aliphatic rings. The Hall–Kier alpha value is -2.21. The monoisotopic (exact) mass is 321 g/mol. The molecular formula is C17H23NO5. The fourth-order valence-corrected chi connectivity index (χ4v) is 1.76. The highest BCUT2D eigenvalue weighted by Gasteiger charge is 2.25. The molecule has 126 valence electrons. The molecule has 0 bridgehead atoms. The normalized spacial score (nSPS) is 12.3. The maximum Gasteiger partial charge on any atom is 0.330 e. The summed E-state index contributed by atoms with van der Waals surface area (Å²) in [6, 6.07) is 7.55. The Kier molecular flexibility index (Phi) is 6.90. The Balaban J connectivity index is 2.62. The molecule has 1 atom stereocenters. The maximum absolute atomic E-state index is 12.0. The lowest BCUT2D eigenvalue weighted by atomic mass is 10.1. The number of benzene rings is 1. The molecule has 1 rings (SSSR count). The van der Waals surface area contributed by atoms with Gasteiger partial charge >= 0.3 is 5.97 Å². The number of Topliss-reactive ketones (excluding diaryl/α,β-unsaturated/α-hetero) is 1. The molecule has 6 nitrogen and oxygen atoms in total. The van der Waals surface area contributed by atoms with Crippen molar-refractivity contribution >= 4 is 17.7 Å². The van der Waals surface area contributed by atoms with Crippen molar-refractivity contribution in [3.05, 3.63) is 35.9 Å². The van der Waals surface area contributed by atoms with E-state index >= 15 is 0 Å². The van der Waals surface area contributed by atoms with E-state index in [1.54, 1.807) is 30.3 Å². The highest BCUT2D eigenvalue weighted by atomic mass is 16.5. The average Bonchev–Trinajstić information content (AvgIpc) is 2.50. The van der Waals surface area contributed by atoms with Gasteiger partial charge in [-0.25, -0.2) is 4.79 Å². The van der Waals surface area contributed by atoms with Crippen molar-refractivity contribution in [1.29, 1.82) is 0 Å². The molecule has 0 saturated heterocycles. The van der Waals surface area contributed by atoms with E-state index in [2.05, 4.69) is 10.1 Å². The summed E-state index contributed by atoms with van der Waals surface area (Å²) in [5.41, 5.74) is -0.0140. The Bertz CT molecular complexity index is 548. The molecule has 0 unspecified atom stereocenters. The van der Waals surface area contributed by atoms with E-state index in [-0.39, 0.29) is 18.8 Å². The van der Waals surface area contributed by atoms with Crippen LogP contribution in [0.3, 0.4) is 0 Å². The van der Waals surface area contributed by atoms with Gasteiger partial charge in [-0.1, -0.05) is 30.3 Å². The minimum absolute atomic E-state index is 0.0263. The van der Waals surface area contributed by atoms with E-state index in [0.717, 1.165) is 0 Å². The highest BCUT2D eigenvalue weighted by Crippen LogP contribution is 2.08. The summed E-state index contributed by atoms with van der Waals surface area (Å²) in [5.74, 6) is -1.48. The van der Waals surface area contributed by atoms with E-state index in [0.29, 0.717) is 5.56 Å². The fraction of sp³-hybridized carbons (Fsp3) is 0.471. The molecule has 0 aliphatic heterocycles. The smallest absolute Gasteiger partial charge is 0.330 e. The van der Waals surface area contributed by atoms with Gasteiger partial charge in [0.05, 0.1) is 25.7 Å². The van der Waals surface area contributed by atoms with Gasteiger partial charge in [-0.15, -0.1) is 0 Å². The molecule has 6 heteroatoms. The fourth-order valence-electron chi connectivity index (χ4n) is 1.76. The van der Waals surface area contributed by atoms with Crippen molar-refractivity contribution < 1.29 is 23.9 Å². The number of amides is 1. The van der Waals surface area contributed by atoms with E-state index in [1.165, 1.54) is 7.11 Å². The van der Waals surface area contributed by atoms with Gasteiger partial charge in [-0.3, -0.25) is 9.59 Å². The van der Waals surface area contributed by atoms with Crippen LogP contribution >= 0.6 is 0 Å². The lowest BCUT2D eigenvalue weighted by Gasteiger charge is -2.23. The molecule has 23 heavy (non-hydrogen) atoms. The van der Waals surface area contributed by atoms with Gasteiger partial charge in [-0.2, -0.15) is 0 Å². The first-order chi connectivity index (χ1) is 10.7. The Morgan fingerprint density at radius 2 is 1.74 bits per heavy atom. The Morgan fingerprint density at radius 3 is 2.26 bits per heavy atom. The van der Waals surface area contributed by atoms with Crippen LogP contribution in [0.4, 0.5) is 0 Å². The molecule has 0 fully saturated rings. The first-order valence-electron chi connectivity index (χ1n) is 7.32. The summed E-state index contributed by atoms with van der Waals surface area (Å²) in [5, 5.41) is 2.48. The van der Waals surface area contributed by atoms with E-state index < -0.39 is 23.5 Å². The number of methoxy groups -OCH3 is 1. The average molecular weight is 321 g/mol. The first kappa shape index (κ1) is 18.8. The number of carbonyl (C=O) groups excluding carboxylic acids is 3. The van der Waals surface area contributed by atoms with Crippen molar-refractivity contribution in [3.8, 4) is 0 Å². The number of ketones is 1. The number of carbonyl (C=O) groups is 3. The van der Waals surface area contributed by atoms with Crippen LogP contribution in [0.15, 0.2) is 30.3 Å². The summed E-state index contributed by atoms with van der Waals surface area (Å²) in [4.78, 5) is 35.7. The Labute approximate surface area is 136 Å². The predicted octanol–water partition coefficient (Wildman–Crippen LogP) is 1.73. The van der Waals surface area contributed by atoms with Gasteiger partial charge in [0.1, 0.15) is 0 Å². The van der Waals surface area contributed by atoms with Crippen molar-refractivity contribution in [1.82, 2.24) is 5.32 Å². The molecule has 1 N–H and O–H groups in total. The molecule has 0 saturated carbocycles. The van der Waals surface area contributed by atoms with Crippen LogP contribution in [-0.2, 0) is 19.1 Å². The molecule has 0 heterocycles. The third-order valence-corrected chi connectivity index (χ3v) is 2.92. The quantitative estimate of drug-likeness (QED) is 0.470. The van der Waals surface area contributed by atoms with Gasteiger partial charge in [0.2, 0.25) is 5.91 Å². The maximum atomic E-state index is 12.0. The van der Waals surface area contributed by atoms with Crippen LogP contribution < -0.4 is 5.32 Å². The van der Waals surface area contributed by atoms with Gasteiger partial charge in [0.25, 0.3) is 0 Å². The molecule has 1 aromatic rings. The van der Waals surface area contributed by atoms with Gasteiger partial charge in [0.15, 0.2) is 11.8 Å². The summed E-state index contributed by atoms with van der Waals surface area (Å²) in [6.45, 7) is 5.48. The van der Waals surface area contributed by atoms with Crippen molar-refractivity contribution in [2.45, 2.75) is 38.8 Å². The van der Waals surface area contributed by atoms with Gasteiger partial charge in [0, 0.05) is 5.56 Å². The minimum atomic E-state index is -0.949. The number of hydrogen-bond acceptors (Lipinski definition) is 5. The Morgan fingerprint density at radius 1 is 1.13 bits per heavy atom. The summed E-state index contributed by atoms with van der Waals surface area (Å²) in [6.07, 6.45) is -0.340. The largest absolute Gasteiger partial charge is 0.467 e. The van der Waals surface area contributed by atoms with E-state index in [4.69, 9.17) is 4.74 Å². The van der Waals surface area contributed by atoms with Crippen LogP contribution in [0.5, 0.6) is 0 Å². The van der Waals surface area contributed by atoms with Crippen LogP contribution in [-0.4, -0.2) is 43.0 Å². The zero-order valence-corrected chi connectivity index (χ0v) is 13.9. The lowest BCUT2D eigenvalue weighted by molar-refractivity contribution is -0.148. The second kappa shape index (κ2) is 8.43. The summed E-state index contributed by atoms with van der Waals surface area (Å²) in [7, 11) is 1.23. The number of rotatable bonds is 7. The number of esters is 1. The SMILES string of the molecule is COC(=O)[C@H](COC(C)(C)C)NC(=O)CC(=O)c1ccccc1. The predicted molar refractivity (Wildman–Crippen MR) is 85.0 cm³/mol. The van der Waals surface area contributed by atoms with Crippen molar-refractivity contribution in [2.24, 2.45) is 0 Å². The van der Waals surface area contributed by atoms with Crippen LogP contribution in [0.1, 0.15) is 37.6 Å². The van der Waals surface area contributed by atoms with E-state index in [9.17, 15) is 14.4 Å². The molecular weight excluding hydrogens is 298 g/mol. The summed E-state index contributed by atoms with van der Waals surface area (Å²) < 4.78 is 10.2. The highest BCUT2D eigenvalue weighted by molar-refractivity contribution is 6.07. The van der Waals surface area contributed by atoms with Crippen molar-refractivity contribution in [2.75, 3.05) is 13.7 Å². The lowest BCUT2D eigenvalue weighted by Crippen LogP contribution is -2.46. The standard InChI is InChI=1S/C17H23NO5/c1-17(2,3)23-11-13(16(21)22-4)18-15(20)10-14(19)12-8-6-5-7-9-12/h5-9,13H,10-11H2,1-4H3,(H,18,20)/t13-/m0/s1. The zero-order chi connectivity index (χ0) is 17.5. The molecule has 1 amide bonds. The number of ether oxygens (including phenoxy) is 2. The molecule has 0 aliphatic carbocycles. The second-order valence-corrected chi connectivity index (χ2v) is 6.03.